The Morgan fingerprint density at radius 2 is 2.05 bits per heavy atom. The van der Waals surface area contributed by atoms with E-state index in [4.69, 9.17) is 21.1 Å². The van der Waals surface area contributed by atoms with Gasteiger partial charge in [-0.1, -0.05) is 17.7 Å². The number of halogens is 2. The van der Waals surface area contributed by atoms with Gasteiger partial charge in [0, 0.05) is 31.6 Å². The van der Waals surface area contributed by atoms with Crippen molar-refractivity contribution in [1.82, 2.24) is 5.32 Å². The van der Waals surface area contributed by atoms with Gasteiger partial charge in [-0.15, -0.1) is 0 Å². The minimum atomic E-state index is -0.426. The van der Waals surface area contributed by atoms with Crippen LogP contribution in [0.2, 0.25) is 5.02 Å². The Labute approximate surface area is 129 Å². The Kier molecular flexibility index (Phi) is 4.99. The third kappa shape index (κ3) is 3.50. The SMILES string of the molecule is Fc1cccc(O[C@@H](C2CCOCC2)[C@@H]2CCNC2)c1Cl. The van der Waals surface area contributed by atoms with Crippen LogP contribution in [0, 0.1) is 17.7 Å². The first kappa shape index (κ1) is 15.1. The van der Waals surface area contributed by atoms with E-state index in [0.29, 0.717) is 17.6 Å². The van der Waals surface area contributed by atoms with E-state index in [0.717, 1.165) is 45.6 Å². The number of ether oxygens (including phenoxy) is 2. The minimum absolute atomic E-state index is 0.0724. The van der Waals surface area contributed by atoms with Crippen LogP contribution in [0.4, 0.5) is 4.39 Å². The van der Waals surface area contributed by atoms with Gasteiger partial charge in [-0.3, -0.25) is 0 Å². The van der Waals surface area contributed by atoms with Crippen LogP contribution in [0.25, 0.3) is 0 Å². The fraction of sp³-hybridized carbons (Fsp3) is 0.625. The van der Waals surface area contributed by atoms with Crippen LogP contribution in [-0.2, 0) is 4.74 Å². The van der Waals surface area contributed by atoms with E-state index in [-0.39, 0.29) is 11.1 Å². The lowest BCUT2D eigenvalue weighted by Gasteiger charge is -2.34. The number of nitrogens with one attached hydrogen (secondary N) is 1. The van der Waals surface area contributed by atoms with Gasteiger partial charge >= 0.3 is 0 Å². The maximum Gasteiger partial charge on any atom is 0.145 e. The molecule has 2 aliphatic heterocycles. The smallest absolute Gasteiger partial charge is 0.145 e. The van der Waals surface area contributed by atoms with Crippen LogP contribution in [0.1, 0.15) is 19.3 Å². The quantitative estimate of drug-likeness (QED) is 0.925. The maximum atomic E-state index is 13.6. The van der Waals surface area contributed by atoms with Crippen molar-refractivity contribution >= 4 is 11.6 Å². The molecule has 0 saturated carbocycles. The van der Waals surface area contributed by atoms with E-state index < -0.39 is 5.82 Å². The fourth-order valence-corrected chi connectivity index (χ4v) is 3.47. The van der Waals surface area contributed by atoms with Gasteiger partial charge in [-0.2, -0.15) is 0 Å². The van der Waals surface area contributed by atoms with Crippen LogP contribution in [-0.4, -0.2) is 32.4 Å². The molecule has 1 N–H and O–H groups in total. The fourth-order valence-electron chi connectivity index (χ4n) is 3.30. The van der Waals surface area contributed by atoms with E-state index in [1.54, 1.807) is 12.1 Å². The Morgan fingerprint density at radius 3 is 2.76 bits per heavy atom. The second-order valence-electron chi connectivity index (χ2n) is 5.84. The van der Waals surface area contributed by atoms with Crippen molar-refractivity contribution in [3.05, 3.63) is 29.0 Å². The first-order valence-electron chi connectivity index (χ1n) is 7.65. The molecule has 0 aromatic heterocycles. The van der Waals surface area contributed by atoms with Gasteiger partial charge in [-0.25, -0.2) is 4.39 Å². The second-order valence-corrected chi connectivity index (χ2v) is 6.22. The van der Waals surface area contributed by atoms with E-state index >= 15 is 0 Å². The molecule has 116 valence electrons. The van der Waals surface area contributed by atoms with E-state index in [1.165, 1.54) is 6.07 Å². The number of hydrogen-bond donors (Lipinski definition) is 1. The topological polar surface area (TPSA) is 30.5 Å². The molecule has 2 fully saturated rings. The van der Waals surface area contributed by atoms with Crippen molar-refractivity contribution in [2.75, 3.05) is 26.3 Å². The molecule has 21 heavy (non-hydrogen) atoms. The molecule has 0 unspecified atom stereocenters. The highest BCUT2D eigenvalue weighted by atomic mass is 35.5. The lowest BCUT2D eigenvalue weighted by atomic mass is 9.85. The zero-order chi connectivity index (χ0) is 14.7. The molecular formula is C16H21ClFNO2. The van der Waals surface area contributed by atoms with Gasteiger partial charge in [0.05, 0.1) is 0 Å². The van der Waals surface area contributed by atoms with Gasteiger partial charge in [0.2, 0.25) is 0 Å². The summed E-state index contributed by atoms with van der Waals surface area (Å²) in [7, 11) is 0. The van der Waals surface area contributed by atoms with E-state index in [2.05, 4.69) is 5.32 Å². The molecule has 2 atom stereocenters. The molecular weight excluding hydrogens is 293 g/mol. The zero-order valence-corrected chi connectivity index (χ0v) is 12.7. The molecule has 0 bridgehead atoms. The molecule has 5 heteroatoms. The summed E-state index contributed by atoms with van der Waals surface area (Å²) in [6.45, 7) is 3.53. The number of rotatable bonds is 4. The summed E-state index contributed by atoms with van der Waals surface area (Å²) in [5, 5.41) is 3.47. The molecule has 3 nitrogen and oxygen atoms in total. The Morgan fingerprint density at radius 1 is 1.24 bits per heavy atom. The highest BCUT2D eigenvalue weighted by Crippen LogP contribution is 2.34. The first-order valence-corrected chi connectivity index (χ1v) is 8.02. The van der Waals surface area contributed by atoms with Gasteiger partial charge in [0.1, 0.15) is 22.7 Å². The molecule has 1 aromatic rings. The third-order valence-electron chi connectivity index (χ3n) is 4.47. The van der Waals surface area contributed by atoms with Gasteiger partial charge in [0.25, 0.3) is 0 Å². The van der Waals surface area contributed by atoms with Crippen LogP contribution < -0.4 is 10.1 Å². The van der Waals surface area contributed by atoms with Crippen molar-refractivity contribution in [3.8, 4) is 5.75 Å². The normalized spacial score (nSPS) is 25.0. The third-order valence-corrected chi connectivity index (χ3v) is 4.84. The van der Waals surface area contributed by atoms with Gasteiger partial charge in [-0.05, 0) is 37.9 Å². The molecule has 2 aliphatic rings. The summed E-state index contributed by atoms with van der Waals surface area (Å²) >= 11 is 6.04. The first-order chi connectivity index (χ1) is 10.3. The minimum Gasteiger partial charge on any atom is -0.488 e. The summed E-state index contributed by atoms with van der Waals surface area (Å²) in [4.78, 5) is 0. The van der Waals surface area contributed by atoms with Crippen LogP contribution in [0.3, 0.4) is 0 Å². The Balaban J connectivity index is 1.79. The van der Waals surface area contributed by atoms with Crippen LogP contribution in [0.5, 0.6) is 5.75 Å². The summed E-state index contributed by atoms with van der Waals surface area (Å²) in [6, 6.07) is 4.75. The molecule has 0 spiro atoms. The van der Waals surface area contributed by atoms with Gasteiger partial charge < -0.3 is 14.8 Å². The largest absolute Gasteiger partial charge is 0.488 e. The molecule has 1 aromatic carbocycles. The monoisotopic (exact) mass is 313 g/mol. The van der Waals surface area contributed by atoms with E-state index in [9.17, 15) is 4.39 Å². The van der Waals surface area contributed by atoms with Crippen molar-refractivity contribution in [3.63, 3.8) is 0 Å². The average Bonchev–Trinajstić information content (AvgIpc) is 3.04. The summed E-state index contributed by atoms with van der Waals surface area (Å²) < 4.78 is 25.2. The van der Waals surface area contributed by atoms with E-state index in [1.807, 2.05) is 0 Å². The highest BCUT2D eigenvalue weighted by molar-refractivity contribution is 6.32. The van der Waals surface area contributed by atoms with Crippen molar-refractivity contribution in [1.29, 1.82) is 0 Å². The molecule has 0 radical (unpaired) electrons. The number of hydrogen-bond acceptors (Lipinski definition) is 3. The van der Waals surface area contributed by atoms with Crippen LogP contribution in [0.15, 0.2) is 18.2 Å². The summed E-state index contributed by atoms with van der Waals surface area (Å²) in [6.07, 6.45) is 3.15. The van der Waals surface area contributed by atoms with Gasteiger partial charge in [0.15, 0.2) is 0 Å². The molecule has 2 saturated heterocycles. The average molecular weight is 314 g/mol. The molecule has 0 aliphatic carbocycles. The lowest BCUT2D eigenvalue weighted by Crippen LogP contribution is -2.39. The molecule has 3 rings (SSSR count). The van der Waals surface area contributed by atoms with Crippen molar-refractivity contribution in [2.45, 2.75) is 25.4 Å². The molecule has 2 heterocycles. The second kappa shape index (κ2) is 6.95. The predicted octanol–water partition coefficient (Wildman–Crippen LogP) is 3.26. The van der Waals surface area contributed by atoms with Crippen molar-refractivity contribution < 1.29 is 13.9 Å². The summed E-state index contributed by atoms with van der Waals surface area (Å²) in [5.74, 6) is 0.930. The Bertz CT molecular complexity index is 473. The summed E-state index contributed by atoms with van der Waals surface area (Å²) in [5.41, 5.74) is 0. The molecule has 0 amide bonds. The Hall–Kier alpha value is -0.840. The predicted molar refractivity (Wildman–Crippen MR) is 80.3 cm³/mol. The zero-order valence-electron chi connectivity index (χ0n) is 12.0. The standard InChI is InChI=1S/C16H21ClFNO2/c17-15-13(18)2-1-3-14(15)21-16(12-4-7-19-10-12)11-5-8-20-9-6-11/h1-3,11-12,16,19H,4-10H2/t12-,16+/m1/s1. The highest BCUT2D eigenvalue weighted by Gasteiger charge is 2.34. The van der Waals surface area contributed by atoms with Crippen molar-refractivity contribution in [2.24, 2.45) is 11.8 Å². The number of benzene rings is 1. The van der Waals surface area contributed by atoms with Crippen LogP contribution >= 0.6 is 11.6 Å². The lowest BCUT2D eigenvalue weighted by molar-refractivity contribution is -0.00140. The maximum absolute atomic E-state index is 13.6.